The van der Waals surface area contributed by atoms with Crippen LogP contribution < -0.4 is 0 Å². The molecule has 1 aromatic carbocycles. The van der Waals surface area contributed by atoms with Gasteiger partial charge in [0.1, 0.15) is 17.7 Å². The van der Waals surface area contributed by atoms with Crippen LogP contribution in [0.25, 0.3) is 0 Å². The maximum absolute atomic E-state index is 15.1. The molecule has 4 rings (SSSR count). The van der Waals surface area contributed by atoms with Gasteiger partial charge in [0, 0.05) is 43.5 Å². The number of aliphatic hydroxyl groups excluding tert-OH is 1. The average Bonchev–Trinajstić information content (AvgIpc) is 3.68. The van der Waals surface area contributed by atoms with Crippen LogP contribution in [0.4, 0.5) is 0 Å². The number of nitrogens with zero attached hydrogens (tertiary/aromatic N) is 3. The fourth-order valence-corrected chi connectivity index (χ4v) is 9.86. The Bertz CT molecular complexity index is 1460. The number of allylic oxidation sites excluding steroid dienone is 1. The molecule has 0 radical (unpaired) electrons. The highest BCUT2D eigenvalue weighted by atomic mass is 79.9. The van der Waals surface area contributed by atoms with E-state index in [2.05, 4.69) is 49.9 Å². The summed E-state index contributed by atoms with van der Waals surface area (Å²) in [6.07, 6.45) is 5.63. The van der Waals surface area contributed by atoms with Gasteiger partial charge in [-0.15, -0.1) is 13.2 Å². The second kappa shape index (κ2) is 17.0. The number of carbonyl (C=O) groups excluding carboxylic acids is 4. The molecule has 288 valence electrons. The van der Waals surface area contributed by atoms with Gasteiger partial charge in [0.25, 0.3) is 0 Å². The lowest BCUT2D eigenvalue weighted by molar-refractivity contribution is -0.164. The number of benzene rings is 1. The van der Waals surface area contributed by atoms with E-state index in [1.807, 2.05) is 56.0 Å². The van der Waals surface area contributed by atoms with Gasteiger partial charge < -0.3 is 29.3 Å². The van der Waals surface area contributed by atoms with Crippen molar-refractivity contribution in [3.63, 3.8) is 0 Å². The Balaban J connectivity index is 1.74. The molecule has 8 atom stereocenters. The summed E-state index contributed by atoms with van der Waals surface area (Å²) < 4.78 is 13.2. The zero-order valence-corrected chi connectivity index (χ0v) is 33.8. The van der Waals surface area contributed by atoms with Crippen molar-refractivity contribution in [1.82, 2.24) is 14.7 Å². The molecule has 1 N–H and O–H groups in total. The quantitative estimate of drug-likeness (QED) is 0.0813. The topological polar surface area (TPSA) is 117 Å². The minimum Gasteiger partial charge on any atom is -0.455 e. The third-order valence-corrected chi connectivity index (χ3v) is 11.8. The van der Waals surface area contributed by atoms with Crippen molar-refractivity contribution in [3.05, 3.63) is 61.2 Å². The number of rotatable bonds is 18. The minimum atomic E-state index is -1.25. The molecule has 3 fully saturated rings. The molecule has 10 nitrogen and oxygen atoms in total. The number of aliphatic hydroxyl groups is 1. The van der Waals surface area contributed by atoms with Gasteiger partial charge in [0.15, 0.2) is 0 Å². The molecule has 3 heterocycles. The van der Waals surface area contributed by atoms with Crippen molar-refractivity contribution in [3.8, 4) is 0 Å². The predicted molar refractivity (Wildman–Crippen MR) is 205 cm³/mol. The zero-order chi connectivity index (χ0) is 38.6. The molecular weight excluding hydrogens is 726 g/mol. The van der Waals surface area contributed by atoms with E-state index < -0.39 is 53.2 Å². The first-order chi connectivity index (χ1) is 24.5. The number of esters is 1. The predicted octanol–water partition coefficient (Wildman–Crippen LogP) is 6.22. The number of likely N-dealkylation sites (tertiary alicyclic amines) is 1. The van der Waals surface area contributed by atoms with Crippen LogP contribution in [0.1, 0.15) is 98.2 Å². The maximum atomic E-state index is 15.1. The van der Waals surface area contributed by atoms with Gasteiger partial charge >= 0.3 is 5.97 Å². The van der Waals surface area contributed by atoms with E-state index >= 15 is 4.79 Å². The third kappa shape index (κ3) is 8.52. The largest absolute Gasteiger partial charge is 0.455 e. The van der Waals surface area contributed by atoms with Crippen molar-refractivity contribution in [1.29, 1.82) is 0 Å². The minimum absolute atomic E-state index is 0.0387. The second-order valence-corrected chi connectivity index (χ2v) is 17.8. The van der Waals surface area contributed by atoms with E-state index in [1.54, 1.807) is 29.0 Å². The van der Waals surface area contributed by atoms with Crippen LogP contribution in [0.5, 0.6) is 0 Å². The van der Waals surface area contributed by atoms with Gasteiger partial charge in [-0.25, -0.2) is 0 Å². The molecular formula is C41H60BrN3O7. The van der Waals surface area contributed by atoms with Crippen LogP contribution in [0, 0.1) is 17.3 Å². The first-order valence-electron chi connectivity index (χ1n) is 18.7. The molecule has 1 aromatic rings. The molecule has 0 saturated carbocycles. The van der Waals surface area contributed by atoms with Crippen molar-refractivity contribution < 1.29 is 33.8 Å². The number of fused-ring (bicyclic) bond motifs is 1. The highest BCUT2D eigenvalue weighted by molar-refractivity contribution is 9.09. The van der Waals surface area contributed by atoms with E-state index in [9.17, 15) is 19.5 Å². The second-order valence-electron chi connectivity index (χ2n) is 16.6. The third-order valence-electron chi connectivity index (χ3n) is 11.0. The van der Waals surface area contributed by atoms with Crippen molar-refractivity contribution in [2.75, 3.05) is 26.7 Å². The Morgan fingerprint density at radius 3 is 2.38 bits per heavy atom. The zero-order valence-electron chi connectivity index (χ0n) is 32.2. The van der Waals surface area contributed by atoms with Gasteiger partial charge in [-0.3, -0.25) is 19.2 Å². The number of unbranched alkanes of at least 4 members (excludes halogenated alkanes) is 2. The number of carbonyl (C=O) groups is 4. The molecule has 3 amide bonds. The summed E-state index contributed by atoms with van der Waals surface area (Å²) in [4.78, 5) is 62.2. The number of alkyl halides is 1. The lowest BCUT2D eigenvalue weighted by Gasteiger charge is -2.45. The Labute approximate surface area is 319 Å². The molecule has 0 aliphatic carbocycles. The SMILES string of the molecule is C=CCCC(=O)N(C)[C@H](C)[C@H](OC(=O)[C@@H]1[C@H]2O[C@@]3(CC2Br)[C@H](C(=O)N(CC=C)C(C)(C)CC(C)(C)C)N(CCCCCO)C(=O)[C@@H]13)c1ccccc1. The summed E-state index contributed by atoms with van der Waals surface area (Å²) >= 11 is 3.79. The molecule has 1 unspecified atom stereocenters. The normalized spacial score (nSPS) is 26.4. The summed E-state index contributed by atoms with van der Waals surface area (Å²) in [6.45, 7) is 20.6. The monoisotopic (exact) mass is 785 g/mol. The summed E-state index contributed by atoms with van der Waals surface area (Å²) in [7, 11) is 1.70. The van der Waals surface area contributed by atoms with E-state index in [1.165, 1.54) is 0 Å². The molecule has 3 aliphatic heterocycles. The first kappa shape index (κ1) is 41.7. The van der Waals surface area contributed by atoms with Gasteiger partial charge in [-0.2, -0.15) is 0 Å². The Morgan fingerprint density at radius 2 is 1.79 bits per heavy atom. The van der Waals surface area contributed by atoms with Crippen LogP contribution in [0.15, 0.2) is 55.6 Å². The summed E-state index contributed by atoms with van der Waals surface area (Å²) in [6, 6.07) is 7.82. The van der Waals surface area contributed by atoms with Gasteiger partial charge in [0.2, 0.25) is 17.7 Å². The highest BCUT2D eigenvalue weighted by Gasteiger charge is 2.77. The van der Waals surface area contributed by atoms with Crippen LogP contribution >= 0.6 is 15.9 Å². The lowest BCUT2D eigenvalue weighted by atomic mass is 9.70. The van der Waals surface area contributed by atoms with Crippen LogP contribution in [-0.2, 0) is 28.7 Å². The molecule has 52 heavy (non-hydrogen) atoms. The fraction of sp³-hybridized carbons (Fsp3) is 0.659. The lowest BCUT2D eigenvalue weighted by Crippen LogP contribution is -2.61. The summed E-state index contributed by atoms with van der Waals surface area (Å²) in [5.74, 6) is -3.11. The number of ether oxygens (including phenoxy) is 2. The number of halogens is 1. The van der Waals surface area contributed by atoms with Crippen molar-refractivity contribution >= 4 is 39.6 Å². The van der Waals surface area contributed by atoms with Gasteiger partial charge in [-0.1, -0.05) is 79.2 Å². The molecule has 3 aliphatic rings. The number of hydrogen-bond acceptors (Lipinski definition) is 7. The van der Waals surface area contributed by atoms with Crippen LogP contribution in [-0.4, -0.2) is 104 Å². The first-order valence-corrected chi connectivity index (χ1v) is 19.6. The maximum Gasteiger partial charge on any atom is 0.313 e. The smallest absolute Gasteiger partial charge is 0.313 e. The van der Waals surface area contributed by atoms with Crippen molar-refractivity contribution in [2.45, 2.75) is 127 Å². The number of hydrogen-bond donors (Lipinski definition) is 1. The Hall–Kier alpha value is -3.02. The molecule has 11 heteroatoms. The molecule has 2 bridgehead atoms. The van der Waals surface area contributed by atoms with E-state index in [0.717, 1.165) is 5.56 Å². The highest BCUT2D eigenvalue weighted by Crippen LogP contribution is 2.61. The van der Waals surface area contributed by atoms with E-state index in [0.29, 0.717) is 45.1 Å². The Morgan fingerprint density at radius 1 is 1.12 bits per heavy atom. The standard InChI is InChI=1S/C41H60BrN3O7/c1-10-12-21-30(47)43(9)27(3)33(28-19-15-13-16-20-28)51-38(50)31-32-36(48)44(23-17-14-18-24-46)35(41(32)25-29(42)34(31)52-41)37(49)45(22-11-2)40(7,8)26-39(4,5)6/h10-11,13,15-16,19-20,27,29,31-35,46H,1-2,12,14,17-18,21-26H2,3-9H3/t27-,29?,31+,32-,33+,34+,35+,41-/m1/s1. The van der Waals surface area contributed by atoms with E-state index in [-0.39, 0.29) is 47.5 Å². The van der Waals surface area contributed by atoms with Gasteiger partial charge in [-0.05, 0) is 70.3 Å². The molecule has 0 aromatic heterocycles. The number of likely N-dealkylation sites (N-methyl/N-ethyl adjacent to an activating group) is 1. The van der Waals surface area contributed by atoms with Crippen LogP contribution in [0.2, 0.25) is 0 Å². The van der Waals surface area contributed by atoms with Crippen molar-refractivity contribution in [2.24, 2.45) is 17.3 Å². The average molecular weight is 787 g/mol. The van der Waals surface area contributed by atoms with E-state index in [4.69, 9.17) is 9.47 Å². The Kier molecular flexibility index (Phi) is 13.6. The number of amides is 3. The summed E-state index contributed by atoms with van der Waals surface area (Å²) in [5.41, 5.74) is -1.20. The van der Waals surface area contributed by atoms with Gasteiger partial charge in [0.05, 0.1) is 24.0 Å². The fourth-order valence-electron chi connectivity index (χ4n) is 8.92. The molecule has 3 saturated heterocycles. The molecule has 1 spiro atoms. The van der Waals surface area contributed by atoms with Crippen LogP contribution in [0.3, 0.4) is 0 Å². The summed E-state index contributed by atoms with van der Waals surface area (Å²) in [5, 5.41) is 9.45.